The Morgan fingerprint density at radius 1 is 0.938 bits per heavy atom. The lowest BCUT2D eigenvalue weighted by Crippen LogP contribution is -2.61. The van der Waals surface area contributed by atoms with Crippen molar-refractivity contribution < 1.29 is 23.8 Å². The van der Waals surface area contributed by atoms with Gasteiger partial charge >= 0.3 is 5.97 Å². The minimum Gasteiger partial charge on any atom is -0.496 e. The van der Waals surface area contributed by atoms with Gasteiger partial charge in [-0.2, -0.15) is 0 Å². The number of ether oxygens (including phenoxy) is 3. The van der Waals surface area contributed by atoms with E-state index in [1.165, 1.54) is 0 Å². The van der Waals surface area contributed by atoms with Crippen molar-refractivity contribution in [2.75, 3.05) is 18.6 Å². The van der Waals surface area contributed by atoms with E-state index in [1.54, 1.807) is 43.2 Å². The average Bonchev–Trinajstić information content (AvgIpc) is 2.82. The van der Waals surface area contributed by atoms with Crippen molar-refractivity contribution in [1.29, 1.82) is 0 Å². The highest BCUT2D eigenvalue weighted by molar-refractivity contribution is 6.06. The first-order valence-corrected chi connectivity index (χ1v) is 10.5. The van der Waals surface area contributed by atoms with Crippen molar-refractivity contribution >= 4 is 17.6 Å². The lowest BCUT2D eigenvalue weighted by molar-refractivity contribution is -0.135. The molecule has 0 aromatic heterocycles. The van der Waals surface area contributed by atoms with Crippen LogP contribution in [0.2, 0.25) is 0 Å². The molecule has 0 unspecified atom stereocenters. The molecule has 0 spiro atoms. The number of methoxy groups -OCH3 is 1. The summed E-state index contributed by atoms with van der Waals surface area (Å²) >= 11 is 0. The summed E-state index contributed by atoms with van der Waals surface area (Å²) < 4.78 is 16.8. The molecule has 0 bridgehead atoms. The van der Waals surface area contributed by atoms with Crippen molar-refractivity contribution in [2.24, 2.45) is 0 Å². The predicted octanol–water partition coefficient (Wildman–Crippen LogP) is 4.72. The Balaban J connectivity index is 1.69. The number of carbonyl (C=O) groups excluding carboxylic acids is 2. The van der Waals surface area contributed by atoms with Crippen LogP contribution >= 0.6 is 0 Å². The van der Waals surface area contributed by atoms with Crippen LogP contribution in [0.15, 0.2) is 72.8 Å². The van der Waals surface area contributed by atoms with Crippen molar-refractivity contribution in [3.05, 3.63) is 89.5 Å². The predicted molar refractivity (Wildman–Crippen MR) is 121 cm³/mol. The molecule has 1 aliphatic rings. The van der Waals surface area contributed by atoms with Crippen LogP contribution in [-0.2, 0) is 9.53 Å². The fourth-order valence-electron chi connectivity index (χ4n) is 3.88. The number of hydrogen-bond acceptors (Lipinski definition) is 5. The van der Waals surface area contributed by atoms with Gasteiger partial charge in [-0.25, -0.2) is 4.79 Å². The molecule has 0 radical (unpaired) electrons. The molecule has 1 aliphatic heterocycles. The second-order valence-corrected chi connectivity index (χ2v) is 7.47. The van der Waals surface area contributed by atoms with Crippen LogP contribution in [-0.4, -0.2) is 31.7 Å². The highest BCUT2D eigenvalue weighted by Crippen LogP contribution is 2.44. The monoisotopic (exact) mass is 431 g/mol. The Bertz CT molecular complexity index is 1130. The molecule has 0 N–H and O–H groups in total. The summed E-state index contributed by atoms with van der Waals surface area (Å²) in [5.41, 5.74) is 2.91. The molecule has 1 saturated heterocycles. The molecule has 164 valence electrons. The van der Waals surface area contributed by atoms with E-state index in [1.807, 2.05) is 55.5 Å². The Kier molecular flexibility index (Phi) is 6.12. The zero-order valence-electron chi connectivity index (χ0n) is 18.3. The molecule has 1 heterocycles. The first-order chi connectivity index (χ1) is 15.5. The Morgan fingerprint density at radius 2 is 1.59 bits per heavy atom. The first kappa shape index (κ1) is 21.4. The third-order valence-electron chi connectivity index (χ3n) is 5.51. The van der Waals surface area contributed by atoms with Gasteiger partial charge in [0.15, 0.2) is 0 Å². The van der Waals surface area contributed by atoms with Gasteiger partial charge < -0.3 is 14.2 Å². The number of aryl methyl sites for hydroxylation is 1. The molecule has 1 fully saturated rings. The van der Waals surface area contributed by atoms with Crippen LogP contribution < -0.4 is 14.4 Å². The van der Waals surface area contributed by atoms with E-state index in [-0.39, 0.29) is 11.9 Å². The second kappa shape index (κ2) is 9.14. The number of rotatable bonds is 7. The number of hydrogen-bond donors (Lipinski definition) is 0. The molecule has 3 aromatic carbocycles. The molecule has 0 saturated carbocycles. The zero-order valence-corrected chi connectivity index (χ0v) is 18.3. The smallest absolute Gasteiger partial charge is 0.338 e. The molecular formula is C26H25NO5. The quantitative estimate of drug-likeness (QED) is 0.400. The highest BCUT2D eigenvalue weighted by Gasteiger charge is 2.52. The van der Waals surface area contributed by atoms with E-state index in [9.17, 15) is 9.59 Å². The number of carbonyl (C=O) groups is 2. The van der Waals surface area contributed by atoms with Gasteiger partial charge in [0, 0.05) is 11.3 Å². The van der Waals surface area contributed by atoms with Gasteiger partial charge in [-0.3, -0.25) is 9.69 Å². The van der Waals surface area contributed by atoms with Gasteiger partial charge in [0.2, 0.25) is 6.10 Å². The SMILES string of the molecule is CCOC(=O)c1ccc(N2C(=O)[C@@H](Oc3ccccc3C)[C@H]2c2ccccc2OC)cc1. The van der Waals surface area contributed by atoms with Gasteiger partial charge in [-0.1, -0.05) is 36.4 Å². The minimum absolute atomic E-state index is 0.159. The summed E-state index contributed by atoms with van der Waals surface area (Å²) in [7, 11) is 1.61. The zero-order chi connectivity index (χ0) is 22.7. The molecule has 2 atom stereocenters. The molecule has 6 nitrogen and oxygen atoms in total. The standard InChI is InChI=1S/C26H25NO5/c1-4-31-26(29)18-13-15-19(16-14-18)27-23(20-10-6-8-12-22(20)30-3)24(25(27)28)32-21-11-7-5-9-17(21)2/h5-16,23-24H,4H2,1-3H3/t23-,24+/m1/s1. The Morgan fingerprint density at radius 3 is 2.25 bits per heavy atom. The van der Waals surface area contributed by atoms with Gasteiger partial charge in [0.1, 0.15) is 17.5 Å². The molecule has 4 rings (SSSR count). The van der Waals surface area contributed by atoms with Crippen molar-refractivity contribution in [1.82, 2.24) is 0 Å². The number of para-hydroxylation sites is 2. The van der Waals surface area contributed by atoms with E-state index in [0.29, 0.717) is 29.4 Å². The maximum atomic E-state index is 13.3. The van der Waals surface area contributed by atoms with E-state index in [0.717, 1.165) is 11.1 Å². The molecule has 0 aliphatic carbocycles. The number of anilines is 1. The number of amides is 1. The van der Waals surface area contributed by atoms with Crippen molar-refractivity contribution in [2.45, 2.75) is 26.0 Å². The van der Waals surface area contributed by atoms with Crippen LogP contribution in [0.3, 0.4) is 0 Å². The lowest BCUT2D eigenvalue weighted by atomic mass is 9.88. The summed E-state index contributed by atoms with van der Waals surface area (Å²) in [5.74, 6) is 0.795. The number of nitrogens with zero attached hydrogens (tertiary/aromatic N) is 1. The second-order valence-electron chi connectivity index (χ2n) is 7.47. The summed E-state index contributed by atoms with van der Waals surface area (Å²) in [4.78, 5) is 26.9. The van der Waals surface area contributed by atoms with E-state index in [4.69, 9.17) is 14.2 Å². The van der Waals surface area contributed by atoms with Crippen LogP contribution in [0.25, 0.3) is 0 Å². The summed E-state index contributed by atoms with van der Waals surface area (Å²) in [5, 5.41) is 0. The van der Waals surface area contributed by atoms with E-state index in [2.05, 4.69) is 0 Å². The largest absolute Gasteiger partial charge is 0.496 e. The fourth-order valence-corrected chi connectivity index (χ4v) is 3.88. The number of β-lactam (4-membered cyclic amide) rings is 1. The van der Waals surface area contributed by atoms with Crippen LogP contribution in [0.4, 0.5) is 5.69 Å². The van der Waals surface area contributed by atoms with Crippen LogP contribution in [0, 0.1) is 6.92 Å². The Hall–Kier alpha value is -3.80. The third-order valence-corrected chi connectivity index (χ3v) is 5.51. The van der Waals surface area contributed by atoms with E-state index >= 15 is 0 Å². The number of benzene rings is 3. The molecule has 32 heavy (non-hydrogen) atoms. The van der Waals surface area contributed by atoms with Crippen molar-refractivity contribution in [3.8, 4) is 11.5 Å². The fraction of sp³-hybridized carbons (Fsp3) is 0.231. The molecule has 1 amide bonds. The third kappa shape index (κ3) is 3.91. The van der Waals surface area contributed by atoms with Gasteiger partial charge in [-0.05, 0) is 55.8 Å². The lowest BCUT2D eigenvalue weighted by Gasteiger charge is -2.47. The van der Waals surface area contributed by atoms with Crippen LogP contribution in [0.1, 0.15) is 34.5 Å². The summed E-state index contributed by atoms with van der Waals surface area (Å²) in [6, 6.07) is 21.7. The Labute approximate surface area is 187 Å². The summed E-state index contributed by atoms with van der Waals surface area (Å²) in [6.45, 7) is 4.01. The first-order valence-electron chi connectivity index (χ1n) is 10.5. The van der Waals surface area contributed by atoms with Crippen molar-refractivity contribution in [3.63, 3.8) is 0 Å². The highest BCUT2D eigenvalue weighted by atomic mass is 16.5. The van der Waals surface area contributed by atoms with Gasteiger partial charge in [-0.15, -0.1) is 0 Å². The van der Waals surface area contributed by atoms with E-state index < -0.39 is 12.1 Å². The van der Waals surface area contributed by atoms with Crippen LogP contribution in [0.5, 0.6) is 11.5 Å². The molecule has 6 heteroatoms. The normalized spacial score (nSPS) is 17.5. The van der Waals surface area contributed by atoms with Gasteiger partial charge in [0.25, 0.3) is 5.91 Å². The average molecular weight is 431 g/mol. The summed E-state index contributed by atoms with van der Waals surface area (Å²) in [6.07, 6.45) is -0.697. The number of esters is 1. The molecule has 3 aromatic rings. The minimum atomic E-state index is -0.697. The molecular weight excluding hydrogens is 406 g/mol. The topological polar surface area (TPSA) is 65.1 Å². The maximum absolute atomic E-state index is 13.3. The van der Waals surface area contributed by atoms with Gasteiger partial charge in [0.05, 0.1) is 19.3 Å². The maximum Gasteiger partial charge on any atom is 0.338 e.